The van der Waals surface area contributed by atoms with Crippen molar-refractivity contribution in [3.8, 4) is 0 Å². The van der Waals surface area contributed by atoms with Crippen LogP contribution in [0, 0.1) is 0 Å². The van der Waals surface area contributed by atoms with E-state index in [1.165, 1.54) is 38.1 Å². The molecule has 0 aliphatic heterocycles. The Hall–Kier alpha value is -0.920. The second-order valence-electron chi connectivity index (χ2n) is 3.49. The van der Waals surface area contributed by atoms with E-state index in [1.807, 2.05) is 0 Å². The minimum Gasteiger partial charge on any atom is -0.211 e. The maximum atomic E-state index is 11.7. The fraction of sp³-hybridized carbons (Fsp3) is 0.333. The molecule has 0 heterocycles. The molecule has 0 fully saturated rings. The Morgan fingerprint density at radius 1 is 1.00 bits per heavy atom. The summed E-state index contributed by atoms with van der Waals surface area (Å²) in [6, 6.07) is 7.36. The summed E-state index contributed by atoms with van der Waals surface area (Å²) in [6.45, 7) is 2.81. The highest BCUT2D eigenvalue weighted by atomic mass is 32.3. The van der Waals surface area contributed by atoms with Crippen molar-refractivity contribution in [2.45, 2.75) is 24.0 Å². The third kappa shape index (κ3) is 3.03. The molecule has 1 rings (SSSR count). The Balaban J connectivity index is 3.08. The highest BCUT2D eigenvalue weighted by molar-refractivity contribution is 8.05. The van der Waals surface area contributed by atoms with Gasteiger partial charge in [0.15, 0.2) is 0 Å². The van der Waals surface area contributed by atoms with Crippen LogP contribution in [0.15, 0.2) is 35.2 Å². The van der Waals surface area contributed by atoms with E-state index in [2.05, 4.69) is 0 Å². The standard InChI is InChI=1S/C9H13NO4S2/c1-8(2)15(11,12)10-16(13,14)9-6-4-3-5-7-9/h3-8,10H,1-2H3. The lowest BCUT2D eigenvalue weighted by Crippen LogP contribution is -2.35. The zero-order chi connectivity index (χ0) is 12.4. The first-order chi connectivity index (χ1) is 7.26. The van der Waals surface area contributed by atoms with Crippen molar-refractivity contribution in [3.63, 3.8) is 0 Å². The molecule has 0 unspecified atom stereocenters. The number of benzene rings is 1. The quantitative estimate of drug-likeness (QED) is 0.867. The molecule has 0 saturated carbocycles. The highest BCUT2D eigenvalue weighted by Crippen LogP contribution is 2.09. The summed E-state index contributed by atoms with van der Waals surface area (Å²) in [4.78, 5) is -0.0702. The molecule has 0 amide bonds. The molecule has 1 N–H and O–H groups in total. The Kier molecular flexibility index (Phi) is 3.72. The zero-order valence-electron chi connectivity index (χ0n) is 8.91. The van der Waals surface area contributed by atoms with Crippen molar-refractivity contribution in [2.24, 2.45) is 0 Å². The summed E-state index contributed by atoms with van der Waals surface area (Å²) >= 11 is 0. The fourth-order valence-corrected chi connectivity index (χ4v) is 3.79. The van der Waals surface area contributed by atoms with Crippen LogP contribution in [0.25, 0.3) is 0 Å². The van der Waals surface area contributed by atoms with Gasteiger partial charge in [-0.05, 0) is 26.0 Å². The van der Waals surface area contributed by atoms with Gasteiger partial charge in [0.2, 0.25) is 10.0 Å². The van der Waals surface area contributed by atoms with E-state index in [0.29, 0.717) is 0 Å². The van der Waals surface area contributed by atoms with Gasteiger partial charge < -0.3 is 0 Å². The van der Waals surface area contributed by atoms with E-state index in [-0.39, 0.29) is 4.90 Å². The van der Waals surface area contributed by atoms with Gasteiger partial charge in [-0.3, -0.25) is 0 Å². The van der Waals surface area contributed by atoms with Gasteiger partial charge in [-0.25, -0.2) is 16.8 Å². The molecule has 16 heavy (non-hydrogen) atoms. The predicted octanol–water partition coefficient (Wildman–Crippen LogP) is 0.703. The first-order valence-electron chi connectivity index (χ1n) is 4.58. The van der Waals surface area contributed by atoms with Crippen molar-refractivity contribution in [3.05, 3.63) is 30.3 Å². The monoisotopic (exact) mass is 263 g/mol. The van der Waals surface area contributed by atoms with Crippen LogP contribution in [0.4, 0.5) is 0 Å². The number of nitrogens with one attached hydrogen (secondary N) is 1. The third-order valence-electron chi connectivity index (χ3n) is 1.90. The number of hydrogen-bond acceptors (Lipinski definition) is 4. The van der Waals surface area contributed by atoms with Crippen LogP contribution >= 0.6 is 0 Å². The van der Waals surface area contributed by atoms with Gasteiger partial charge in [-0.2, -0.15) is 0 Å². The van der Waals surface area contributed by atoms with Crippen molar-refractivity contribution >= 4 is 20.0 Å². The van der Waals surface area contributed by atoms with Crippen LogP contribution in [-0.4, -0.2) is 22.1 Å². The molecule has 0 saturated heterocycles. The lowest BCUT2D eigenvalue weighted by Gasteiger charge is -2.09. The summed E-state index contributed by atoms with van der Waals surface area (Å²) in [6.07, 6.45) is 0. The molecule has 0 aromatic heterocycles. The smallest absolute Gasteiger partial charge is 0.211 e. The largest absolute Gasteiger partial charge is 0.253 e. The Morgan fingerprint density at radius 3 is 1.94 bits per heavy atom. The van der Waals surface area contributed by atoms with Gasteiger partial charge in [0.25, 0.3) is 10.0 Å². The molecule has 7 heteroatoms. The minimum atomic E-state index is -4.00. The molecule has 0 bridgehead atoms. The Morgan fingerprint density at radius 2 is 1.50 bits per heavy atom. The third-order valence-corrected chi connectivity index (χ3v) is 5.84. The van der Waals surface area contributed by atoms with Crippen molar-refractivity contribution in [2.75, 3.05) is 0 Å². The van der Waals surface area contributed by atoms with E-state index in [4.69, 9.17) is 0 Å². The molecule has 5 nitrogen and oxygen atoms in total. The topological polar surface area (TPSA) is 80.3 Å². The first kappa shape index (κ1) is 13.1. The summed E-state index contributed by atoms with van der Waals surface area (Å²) in [7, 11) is -7.84. The van der Waals surface area contributed by atoms with Gasteiger partial charge >= 0.3 is 0 Å². The maximum absolute atomic E-state index is 11.7. The van der Waals surface area contributed by atoms with Crippen LogP contribution in [0.3, 0.4) is 0 Å². The van der Waals surface area contributed by atoms with Gasteiger partial charge in [-0.1, -0.05) is 18.2 Å². The van der Waals surface area contributed by atoms with Gasteiger partial charge in [0.05, 0.1) is 10.1 Å². The normalized spacial score (nSPS) is 12.9. The van der Waals surface area contributed by atoms with Crippen LogP contribution in [-0.2, 0) is 20.0 Å². The molecule has 1 aromatic rings. The first-order valence-corrected chi connectivity index (χ1v) is 7.61. The van der Waals surface area contributed by atoms with E-state index in [1.54, 1.807) is 10.2 Å². The van der Waals surface area contributed by atoms with Crippen molar-refractivity contribution in [1.82, 2.24) is 4.13 Å². The molecule has 0 radical (unpaired) electrons. The SMILES string of the molecule is CC(C)S(=O)(=O)NS(=O)(=O)c1ccccc1. The lowest BCUT2D eigenvalue weighted by molar-refractivity contribution is 0.571. The molecular formula is C9H13NO4S2. The number of sulfonamides is 2. The average Bonchev–Trinajstić information content (AvgIpc) is 2.17. The molecule has 0 aliphatic carbocycles. The number of rotatable bonds is 4. The molecule has 0 atom stereocenters. The minimum absolute atomic E-state index is 0.0702. The van der Waals surface area contributed by atoms with Crippen LogP contribution < -0.4 is 4.13 Å². The van der Waals surface area contributed by atoms with Gasteiger partial charge in [0, 0.05) is 0 Å². The van der Waals surface area contributed by atoms with Gasteiger partial charge in [-0.15, -0.1) is 4.13 Å². The van der Waals surface area contributed by atoms with Crippen molar-refractivity contribution < 1.29 is 16.8 Å². The van der Waals surface area contributed by atoms with Crippen LogP contribution in [0.5, 0.6) is 0 Å². The Labute approximate surface area is 95.6 Å². The molecular weight excluding hydrogens is 250 g/mol. The maximum Gasteiger partial charge on any atom is 0.253 e. The van der Waals surface area contributed by atoms with Crippen molar-refractivity contribution in [1.29, 1.82) is 0 Å². The fourth-order valence-electron chi connectivity index (χ4n) is 0.897. The van der Waals surface area contributed by atoms with Crippen LogP contribution in [0.1, 0.15) is 13.8 Å². The highest BCUT2D eigenvalue weighted by Gasteiger charge is 2.24. The summed E-state index contributed by atoms with van der Waals surface area (Å²) in [5.74, 6) is 0. The average molecular weight is 263 g/mol. The van der Waals surface area contributed by atoms with E-state index in [9.17, 15) is 16.8 Å². The van der Waals surface area contributed by atoms with E-state index < -0.39 is 25.3 Å². The van der Waals surface area contributed by atoms with Gasteiger partial charge in [0.1, 0.15) is 0 Å². The summed E-state index contributed by atoms with van der Waals surface area (Å²) in [5, 5.41) is -0.800. The lowest BCUT2D eigenvalue weighted by atomic mass is 10.4. The summed E-state index contributed by atoms with van der Waals surface area (Å²) < 4.78 is 47.9. The molecule has 1 aromatic carbocycles. The number of hydrogen-bond donors (Lipinski definition) is 1. The van der Waals surface area contributed by atoms with Crippen LogP contribution in [0.2, 0.25) is 0 Å². The molecule has 0 aliphatic rings. The Bertz CT molecular complexity index is 546. The summed E-state index contributed by atoms with van der Waals surface area (Å²) in [5.41, 5.74) is 0. The second kappa shape index (κ2) is 4.52. The molecule has 0 spiro atoms. The van der Waals surface area contributed by atoms with E-state index in [0.717, 1.165) is 0 Å². The molecule has 90 valence electrons. The predicted molar refractivity (Wildman–Crippen MR) is 60.8 cm³/mol. The second-order valence-corrected chi connectivity index (χ2v) is 7.67. The van der Waals surface area contributed by atoms with E-state index >= 15 is 0 Å². The zero-order valence-corrected chi connectivity index (χ0v) is 10.5.